The number of carbonyl (C=O) groups is 1. The van der Waals surface area contributed by atoms with E-state index in [1.807, 2.05) is 0 Å². The molecule has 1 aliphatic heterocycles. The van der Waals surface area contributed by atoms with Crippen LogP contribution in [-0.4, -0.2) is 67.2 Å². The van der Waals surface area contributed by atoms with Crippen LogP contribution in [0.25, 0.3) is 0 Å². The molecule has 29 heavy (non-hydrogen) atoms. The van der Waals surface area contributed by atoms with Crippen molar-refractivity contribution in [3.8, 4) is 0 Å². The standard InChI is InChI=1S/C20H34IN3O5/c21-18-6-3-16(12-19(18)24(28)29)20(25)13-22-9-7-15(8-10-22)11-14-1-4-17(5-2-14)23(26)27/h14-19,26,28H,1-13H2/q-2. The van der Waals surface area contributed by atoms with E-state index in [0.29, 0.717) is 24.8 Å². The highest BCUT2D eigenvalue weighted by Gasteiger charge is 2.34. The van der Waals surface area contributed by atoms with E-state index < -0.39 is 6.04 Å². The number of hydrogen-bond acceptors (Lipinski definition) is 8. The van der Waals surface area contributed by atoms with Crippen molar-refractivity contribution in [1.82, 2.24) is 15.4 Å². The molecule has 3 aliphatic rings. The van der Waals surface area contributed by atoms with Gasteiger partial charge in [-0.25, -0.2) is 0 Å². The summed E-state index contributed by atoms with van der Waals surface area (Å²) in [5.74, 6) is 1.43. The molecule has 0 aromatic heterocycles. The average molecular weight is 523 g/mol. The Morgan fingerprint density at radius 2 is 1.55 bits per heavy atom. The molecule has 0 radical (unpaired) electrons. The summed E-state index contributed by atoms with van der Waals surface area (Å²) in [6, 6.07) is -0.695. The van der Waals surface area contributed by atoms with Gasteiger partial charge < -0.3 is 20.8 Å². The molecule has 0 aromatic rings. The van der Waals surface area contributed by atoms with Gasteiger partial charge in [0.05, 0.1) is 6.54 Å². The quantitative estimate of drug-likeness (QED) is 0.296. The number of hydroxylamine groups is 4. The van der Waals surface area contributed by atoms with Gasteiger partial charge in [0.1, 0.15) is 5.78 Å². The molecule has 0 spiro atoms. The lowest BCUT2D eigenvalue weighted by molar-refractivity contribution is -0.129. The van der Waals surface area contributed by atoms with Crippen molar-refractivity contribution in [2.24, 2.45) is 17.8 Å². The van der Waals surface area contributed by atoms with E-state index in [2.05, 4.69) is 27.5 Å². The van der Waals surface area contributed by atoms with Crippen molar-refractivity contribution in [2.75, 3.05) is 19.6 Å². The minimum Gasteiger partial charge on any atom is -0.762 e. The molecule has 1 saturated heterocycles. The van der Waals surface area contributed by atoms with Crippen molar-refractivity contribution in [3.63, 3.8) is 0 Å². The van der Waals surface area contributed by atoms with Gasteiger partial charge in [0.25, 0.3) is 0 Å². The molecule has 2 aliphatic carbocycles. The molecule has 3 atom stereocenters. The maximum absolute atomic E-state index is 12.7. The van der Waals surface area contributed by atoms with E-state index in [4.69, 9.17) is 5.21 Å². The van der Waals surface area contributed by atoms with Crippen LogP contribution in [0.3, 0.4) is 0 Å². The first-order chi connectivity index (χ1) is 13.8. The maximum Gasteiger partial charge on any atom is 0.149 e. The third kappa shape index (κ3) is 6.80. The van der Waals surface area contributed by atoms with Gasteiger partial charge in [0.15, 0.2) is 0 Å². The lowest BCUT2D eigenvalue weighted by Gasteiger charge is -2.41. The highest BCUT2D eigenvalue weighted by atomic mass is 127. The van der Waals surface area contributed by atoms with Crippen LogP contribution >= 0.6 is 22.6 Å². The first kappa shape index (κ1) is 23.8. The second-order valence-corrected chi connectivity index (χ2v) is 10.9. The van der Waals surface area contributed by atoms with E-state index in [9.17, 15) is 20.4 Å². The molecule has 3 unspecified atom stereocenters. The van der Waals surface area contributed by atoms with Crippen molar-refractivity contribution in [1.29, 1.82) is 0 Å². The van der Waals surface area contributed by atoms with Crippen LogP contribution in [0.5, 0.6) is 0 Å². The van der Waals surface area contributed by atoms with Crippen LogP contribution in [0.15, 0.2) is 0 Å². The van der Waals surface area contributed by atoms with Gasteiger partial charge >= 0.3 is 0 Å². The fourth-order valence-electron chi connectivity index (χ4n) is 5.43. The Morgan fingerprint density at radius 1 is 0.931 bits per heavy atom. The van der Waals surface area contributed by atoms with Crippen molar-refractivity contribution in [2.45, 2.75) is 80.2 Å². The van der Waals surface area contributed by atoms with Gasteiger partial charge in [-0.1, -0.05) is 22.6 Å². The zero-order valence-corrected chi connectivity index (χ0v) is 19.2. The Bertz CT molecular complexity index is 522. The minimum atomic E-state index is -0.473. The number of hydrogen-bond donors (Lipinski definition) is 2. The number of piperidine rings is 1. The van der Waals surface area contributed by atoms with Gasteiger partial charge in [-0.2, -0.15) is 0 Å². The van der Waals surface area contributed by atoms with E-state index in [1.165, 1.54) is 6.42 Å². The highest BCUT2D eigenvalue weighted by Crippen LogP contribution is 2.35. The Hall–Kier alpha value is 0.120. The lowest BCUT2D eigenvalue weighted by Crippen LogP contribution is -2.45. The van der Waals surface area contributed by atoms with Gasteiger partial charge in [-0.05, 0) is 89.1 Å². The largest absolute Gasteiger partial charge is 0.762 e. The van der Waals surface area contributed by atoms with Crippen LogP contribution in [0.2, 0.25) is 0 Å². The third-order valence-corrected chi connectivity index (χ3v) is 8.81. The number of rotatable bonds is 7. The Kier molecular flexibility index (Phi) is 9.12. The molecule has 8 nitrogen and oxygen atoms in total. The van der Waals surface area contributed by atoms with Crippen LogP contribution in [0.4, 0.5) is 0 Å². The van der Waals surface area contributed by atoms with Crippen molar-refractivity contribution >= 4 is 28.4 Å². The number of nitrogens with zero attached hydrogens (tertiary/aromatic N) is 3. The summed E-state index contributed by atoms with van der Waals surface area (Å²) in [5, 5.41) is 40.9. The van der Waals surface area contributed by atoms with Crippen molar-refractivity contribution in [3.05, 3.63) is 10.4 Å². The first-order valence-electron chi connectivity index (χ1n) is 11.0. The summed E-state index contributed by atoms with van der Waals surface area (Å²) in [6.45, 7) is 2.34. The number of alkyl halides is 1. The molecule has 0 amide bonds. The number of likely N-dealkylation sites (tertiary alicyclic amines) is 1. The Morgan fingerprint density at radius 3 is 2.14 bits per heavy atom. The highest BCUT2D eigenvalue weighted by molar-refractivity contribution is 14.1. The lowest BCUT2D eigenvalue weighted by atomic mass is 9.78. The fraction of sp³-hybridized carbons (Fsp3) is 0.950. The minimum absolute atomic E-state index is 0.0463. The van der Waals surface area contributed by atoms with Crippen LogP contribution in [0, 0.1) is 28.2 Å². The number of ketones is 1. The fourth-order valence-corrected chi connectivity index (χ4v) is 6.36. The Balaban J connectivity index is 1.36. The van der Waals surface area contributed by atoms with E-state index in [0.717, 1.165) is 64.5 Å². The summed E-state index contributed by atoms with van der Waals surface area (Å²) in [6.07, 6.45) is 9.08. The molecular formula is C20H34IN3O5-2. The summed E-state index contributed by atoms with van der Waals surface area (Å²) >= 11 is 2.20. The molecule has 0 aromatic carbocycles. The zero-order chi connectivity index (χ0) is 21.0. The molecule has 3 rings (SSSR count). The summed E-state index contributed by atoms with van der Waals surface area (Å²) in [5.41, 5.74) is 0. The summed E-state index contributed by atoms with van der Waals surface area (Å²) in [4.78, 5) is 15.0. The average Bonchev–Trinajstić information content (AvgIpc) is 2.70. The van der Waals surface area contributed by atoms with Crippen molar-refractivity contribution < 1.29 is 15.2 Å². The van der Waals surface area contributed by atoms with Gasteiger partial charge in [-0.3, -0.25) is 20.1 Å². The molecule has 0 bridgehead atoms. The second kappa shape index (κ2) is 11.1. The topological polar surface area (TPSA) is 113 Å². The summed E-state index contributed by atoms with van der Waals surface area (Å²) < 4.78 is 0.0963. The smallest absolute Gasteiger partial charge is 0.149 e. The Labute approximate surface area is 186 Å². The van der Waals surface area contributed by atoms with Gasteiger partial charge in [0, 0.05) is 21.9 Å². The monoisotopic (exact) mass is 523 g/mol. The molecule has 2 saturated carbocycles. The number of halogens is 1. The number of carbonyl (C=O) groups excluding carboxylic acids is 1. The SMILES string of the molecule is O=C(CN1CCC(CC2CCC(N([O-])O)CC2)CC1)C1CCC(I)C(N([O-])O)C1. The first-order valence-corrected chi connectivity index (χ1v) is 12.3. The molecule has 168 valence electrons. The molecule has 2 N–H and O–H groups in total. The van der Waals surface area contributed by atoms with Gasteiger partial charge in [-0.15, -0.1) is 0 Å². The maximum atomic E-state index is 12.7. The predicted octanol–water partition coefficient (Wildman–Crippen LogP) is 3.57. The zero-order valence-electron chi connectivity index (χ0n) is 17.0. The van der Waals surface area contributed by atoms with E-state index in [-0.39, 0.29) is 32.1 Å². The molecule has 9 heteroatoms. The van der Waals surface area contributed by atoms with E-state index in [1.54, 1.807) is 0 Å². The molecule has 3 fully saturated rings. The predicted molar refractivity (Wildman–Crippen MR) is 117 cm³/mol. The van der Waals surface area contributed by atoms with Crippen LogP contribution in [0.1, 0.15) is 64.2 Å². The van der Waals surface area contributed by atoms with Crippen LogP contribution in [-0.2, 0) is 4.79 Å². The summed E-state index contributed by atoms with van der Waals surface area (Å²) in [7, 11) is 0. The molecular weight excluding hydrogens is 489 g/mol. The van der Waals surface area contributed by atoms with Gasteiger partial charge in [0.2, 0.25) is 0 Å². The molecule has 1 heterocycles. The second-order valence-electron chi connectivity index (χ2n) is 9.29. The number of Topliss-reactive ketones (excluding diaryl/α,β-unsaturated/α-hetero) is 1. The van der Waals surface area contributed by atoms with E-state index >= 15 is 0 Å². The normalized spacial score (nSPS) is 35.3. The third-order valence-electron chi connectivity index (χ3n) is 7.36. The van der Waals surface area contributed by atoms with Crippen LogP contribution < -0.4 is 0 Å².